The highest BCUT2D eigenvalue weighted by Crippen LogP contribution is 2.32. The van der Waals surface area contributed by atoms with Gasteiger partial charge in [0.1, 0.15) is 5.70 Å². The number of esters is 1. The van der Waals surface area contributed by atoms with E-state index in [0.717, 1.165) is 10.4 Å². The SMILES string of the molecule is CCOC(=O)CSC1=NC(=Cc2cccs2)C(=O)N1c1ccc(C)c(Cl)c1. The molecule has 0 saturated heterocycles. The van der Waals surface area contributed by atoms with Crippen LogP contribution in [0.5, 0.6) is 0 Å². The molecule has 2 heterocycles. The normalized spacial score (nSPS) is 15.4. The van der Waals surface area contributed by atoms with Crippen molar-refractivity contribution in [2.24, 2.45) is 4.99 Å². The number of amidine groups is 1. The molecule has 0 spiro atoms. The lowest BCUT2D eigenvalue weighted by molar-refractivity contribution is -0.139. The molecule has 0 unspecified atom stereocenters. The molecule has 5 nitrogen and oxygen atoms in total. The van der Waals surface area contributed by atoms with Crippen LogP contribution < -0.4 is 4.90 Å². The zero-order valence-corrected chi connectivity index (χ0v) is 17.2. The third-order valence-corrected chi connectivity index (χ3v) is 5.83. The number of benzene rings is 1. The molecular weight excluding hydrogens is 404 g/mol. The van der Waals surface area contributed by atoms with Gasteiger partial charge in [0.2, 0.25) is 0 Å². The lowest BCUT2D eigenvalue weighted by Gasteiger charge is -2.18. The van der Waals surface area contributed by atoms with E-state index in [0.29, 0.717) is 28.2 Å². The molecule has 0 N–H and O–H groups in total. The average Bonchev–Trinajstić information content (AvgIpc) is 3.25. The number of rotatable bonds is 5. The number of carbonyl (C=O) groups is 2. The van der Waals surface area contributed by atoms with Crippen molar-refractivity contribution in [3.05, 3.63) is 56.9 Å². The van der Waals surface area contributed by atoms with Gasteiger partial charge in [-0.1, -0.05) is 35.5 Å². The van der Waals surface area contributed by atoms with Gasteiger partial charge in [-0.05, 0) is 49.1 Å². The smallest absolute Gasteiger partial charge is 0.316 e. The predicted octanol–water partition coefficient (Wildman–Crippen LogP) is 4.75. The van der Waals surface area contributed by atoms with Gasteiger partial charge in [-0.25, -0.2) is 4.99 Å². The summed E-state index contributed by atoms with van der Waals surface area (Å²) in [6.07, 6.45) is 1.74. The van der Waals surface area contributed by atoms with Gasteiger partial charge in [-0.3, -0.25) is 14.5 Å². The van der Waals surface area contributed by atoms with Crippen molar-refractivity contribution in [2.75, 3.05) is 17.3 Å². The third-order valence-electron chi connectivity index (χ3n) is 3.69. The molecule has 3 rings (SSSR count). The number of hydrogen-bond acceptors (Lipinski definition) is 6. The largest absolute Gasteiger partial charge is 0.465 e. The number of aliphatic imine (C=N–C) groups is 1. The summed E-state index contributed by atoms with van der Waals surface area (Å²) >= 11 is 8.92. The molecule has 0 aliphatic carbocycles. The molecule has 0 radical (unpaired) electrons. The highest BCUT2D eigenvalue weighted by atomic mass is 35.5. The number of thiophene rings is 1. The van der Waals surface area contributed by atoms with Gasteiger partial charge < -0.3 is 4.74 Å². The lowest BCUT2D eigenvalue weighted by Crippen LogP contribution is -2.31. The maximum atomic E-state index is 13.0. The fraction of sp³-hybridized carbons (Fsp3) is 0.211. The molecule has 0 fully saturated rings. The quantitative estimate of drug-likeness (QED) is 0.517. The second kappa shape index (κ2) is 8.73. The Hall–Kier alpha value is -2.09. The summed E-state index contributed by atoms with van der Waals surface area (Å²) < 4.78 is 4.96. The zero-order valence-electron chi connectivity index (χ0n) is 14.8. The topological polar surface area (TPSA) is 59.0 Å². The number of amides is 1. The monoisotopic (exact) mass is 420 g/mol. The molecule has 1 aliphatic heterocycles. The van der Waals surface area contributed by atoms with Gasteiger partial charge in [-0.2, -0.15) is 0 Å². The van der Waals surface area contributed by atoms with Gasteiger partial charge in [0, 0.05) is 9.90 Å². The highest BCUT2D eigenvalue weighted by Gasteiger charge is 2.32. The summed E-state index contributed by atoms with van der Waals surface area (Å²) in [6.45, 7) is 3.96. The van der Waals surface area contributed by atoms with E-state index in [2.05, 4.69) is 4.99 Å². The molecule has 1 aliphatic rings. The van der Waals surface area contributed by atoms with Crippen molar-refractivity contribution in [1.29, 1.82) is 0 Å². The van der Waals surface area contributed by atoms with Gasteiger partial charge in [0.25, 0.3) is 5.91 Å². The van der Waals surface area contributed by atoms with Crippen molar-refractivity contribution in [3.63, 3.8) is 0 Å². The van der Waals surface area contributed by atoms with Gasteiger partial charge >= 0.3 is 5.97 Å². The predicted molar refractivity (Wildman–Crippen MR) is 112 cm³/mol. The first kappa shape index (κ1) is 19.7. The van der Waals surface area contributed by atoms with E-state index < -0.39 is 0 Å². The summed E-state index contributed by atoms with van der Waals surface area (Å²) in [7, 11) is 0. The van der Waals surface area contributed by atoms with Crippen LogP contribution in [0, 0.1) is 6.92 Å². The van der Waals surface area contributed by atoms with Crippen LogP contribution in [0.3, 0.4) is 0 Å². The molecular formula is C19H17ClN2O3S2. The van der Waals surface area contributed by atoms with Crippen LogP contribution in [-0.4, -0.2) is 29.4 Å². The van der Waals surface area contributed by atoms with E-state index in [1.54, 1.807) is 19.1 Å². The molecule has 2 aromatic rings. The number of thioether (sulfide) groups is 1. The molecule has 140 valence electrons. The fourth-order valence-corrected chi connectivity index (χ4v) is 4.01. The Morgan fingerprint density at radius 3 is 2.89 bits per heavy atom. The number of aryl methyl sites for hydroxylation is 1. The highest BCUT2D eigenvalue weighted by molar-refractivity contribution is 8.14. The van der Waals surface area contributed by atoms with E-state index in [1.165, 1.54) is 28.0 Å². The molecule has 27 heavy (non-hydrogen) atoms. The number of hydrogen-bond donors (Lipinski definition) is 0. The molecule has 0 bridgehead atoms. The van der Waals surface area contributed by atoms with E-state index in [-0.39, 0.29) is 17.6 Å². The van der Waals surface area contributed by atoms with Gasteiger partial charge in [0.05, 0.1) is 18.0 Å². The third kappa shape index (κ3) is 4.61. The van der Waals surface area contributed by atoms with E-state index in [9.17, 15) is 9.59 Å². The number of ether oxygens (including phenoxy) is 1. The lowest BCUT2D eigenvalue weighted by atomic mass is 10.2. The zero-order chi connectivity index (χ0) is 19.4. The summed E-state index contributed by atoms with van der Waals surface area (Å²) in [4.78, 5) is 31.6. The summed E-state index contributed by atoms with van der Waals surface area (Å²) in [6, 6.07) is 9.21. The van der Waals surface area contributed by atoms with Crippen molar-refractivity contribution < 1.29 is 14.3 Å². The van der Waals surface area contributed by atoms with Crippen LogP contribution >= 0.6 is 34.7 Å². The second-order valence-corrected chi connectivity index (χ2v) is 7.94. The molecule has 1 aromatic heterocycles. The Kier molecular flexibility index (Phi) is 6.36. The maximum Gasteiger partial charge on any atom is 0.316 e. The summed E-state index contributed by atoms with van der Waals surface area (Å²) in [5.41, 5.74) is 1.85. The minimum atomic E-state index is -0.352. The molecule has 8 heteroatoms. The van der Waals surface area contributed by atoms with E-state index >= 15 is 0 Å². The van der Waals surface area contributed by atoms with Crippen LogP contribution in [0.15, 0.2) is 46.4 Å². The Balaban J connectivity index is 1.93. The van der Waals surface area contributed by atoms with Crippen LogP contribution in [0.1, 0.15) is 17.4 Å². The Labute approximate surface area is 170 Å². The number of nitrogens with zero attached hydrogens (tertiary/aromatic N) is 2. The molecule has 0 atom stereocenters. The standard InChI is InChI=1S/C19H17ClN2O3S2/c1-3-25-17(23)11-27-19-21-16(10-14-5-4-8-26-14)18(24)22(19)13-7-6-12(2)15(20)9-13/h4-10H,3,11H2,1-2H3. The number of halogens is 1. The minimum Gasteiger partial charge on any atom is -0.465 e. The van der Waals surface area contributed by atoms with Crippen LogP contribution in [0.25, 0.3) is 6.08 Å². The number of carbonyl (C=O) groups excluding carboxylic acids is 2. The molecule has 0 saturated carbocycles. The van der Waals surface area contributed by atoms with Crippen LogP contribution in [0.4, 0.5) is 5.69 Å². The Morgan fingerprint density at radius 1 is 1.41 bits per heavy atom. The molecule has 1 amide bonds. The fourth-order valence-electron chi connectivity index (χ4n) is 2.38. The van der Waals surface area contributed by atoms with Crippen molar-refractivity contribution in [3.8, 4) is 0 Å². The van der Waals surface area contributed by atoms with E-state index in [1.807, 2.05) is 36.6 Å². The second-order valence-electron chi connectivity index (χ2n) is 5.61. The average molecular weight is 421 g/mol. The van der Waals surface area contributed by atoms with Crippen molar-refractivity contribution in [2.45, 2.75) is 13.8 Å². The first-order chi connectivity index (χ1) is 13.0. The van der Waals surface area contributed by atoms with Crippen molar-refractivity contribution >= 4 is 63.5 Å². The van der Waals surface area contributed by atoms with Gasteiger partial charge in [0.15, 0.2) is 5.17 Å². The van der Waals surface area contributed by atoms with Gasteiger partial charge in [-0.15, -0.1) is 11.3 Å². The Bertz CT molecular complexity index is 923. The maximum absolute atomic E-state index is 13.0. The van der Waals surface area contributed by atoms with Crippen LogP contribution in [-0.2, 0) is 14.3 Å². The van der Waals surface area contributed by atoms with Crippen LogP contribution in [0.2, 0.25) is 5.02 Å². The van der Waals surface area contributed by atoms with Crippen molar-refractivity contribution in [1.82, 2.24) is 0 Å². The van der Waals surface area contributed by atoms with E-state index in [4.69, 9.17) is 16.3 Å². The Morgan fingerprint density at radius 2 is 2.22 bits per heavy atom. The summed E-state index contributed by atoms with van der Waals surface area (Å²) in [5, 5.41) is 2.92. The first-order valence-electron chi connectivity index (χ1n) is 8.22. The number of anilines is 1. The molecule has 1 aromatic carbocycles. The first-order valence-corrected chi connectivity index (χ1v) is 10.5. The minimum absolute atomic E-state index is 0.0718. The summed E-state index contributed by atoms with van der Waals surface area (Å²) in [5.74, 6) is -0.535.